The Labute approximate surface area is 96.8 Å². The summed E-state index contributed by atoms with van der Waals surface area (Å²) in [5.74, 6) is 0.884. The van der Waals surface area contributed by atoms with E-state index in [0.29, 0.717) is 12.1 Å². The number of rotatable bonds is 4. The highest BCUT2D eigenvalue weighted by Crippen LogP contribution is 2.34. The van der Waals surface area contributed by atoms with E-state index in [2.05, 4.69) is 25.2 Å². The second-order valence-corrected chi connectivity index (χ2v) is 4.94. The summed E-state index contributed by atoms with van der Waals surface area (Å²) < 4.78 is 0. The molecule has 0 radical (unpaired) electrons. The molecule has 0 spiro atoms. The smallest absolute Gasteiger partial charge is 0.0453 e. The molecule has 1 aliphatic carbocycles. The minimum Gasteiger partial charge on any atom is -0.307 e. The second kappa shape index (κ2) is 4.54. The van der Waals surface area contributed by atoms with Gasteiger partial charge in [-0.3, -0.25) is 0 Å². The number of benzene rings is 1. The van der Waals surface area contributed by atoms with Gasteiger partial charge in [0.05, 0.1) is 0 Å². The minimum atomic E-state index is 0.342. The first-order valence-corrected chi connectivity index (χ1v) is 6.06. The van der Waals surface area contributed by atoms with Crippen LogP contribution in [0.4, 0.5) is 0 Å². The number of hydrogen-bond acceptors (Lipinski definition) is 1. The highest BCUT2D eigenvalue weighted by atomic mass is 35.5. The van der Waals surface area contributed by atoms with Gasteiger partial charge in [-0.05, 0) is 44.2 Å². The Kier molecular flexibility index (Phi) is 3.32. The van der Waals surface area contributed by atoms with Gasteiger partial charge in [-0.1, -0.05) is 29.8 Å². The third-order valence-corrected chi connectivity index (χ3v) is 3.56. The van der Waals surface area contributed by atoms with Gasteiger partial charge < -0.3 is 5.32 Å². The molecular weight excluding hydrogens is 206 g/mol. The molecule has 15 heavy (non-hydrogen) atoms. The van der Waals surface area contributed by atoms with Crippen LogP contribution in [0.2, 0.25) is 5.02 Å². The van der Waals surface area contributed by atoms with Crippen molar-refractivity contribution in [2.45, 2.75) is 38.8 Å². The lowest BCUT2D eigenvalue weighted by Gasteiger charge is -2.20. The van der Waals surface area contributed by atoms with Crippen molar-refractivity contribution in [2.75, 3.05) is 0 Å². The third-order valence-electron chi connectivity index (χ3n) is 3.21. The Morgan fingerprint density at radius 3 is 2.53 bits per heavy atom. The van der Waals surface area contributed by atoms with E-state index in [0.717, 1.165) is 10.9 Å². The van der Waals surface area contributed by atoms with Gasteiger partial charge in [0.1, 0.15) is 0 Å². The van der Waals surface area contributed by atoms with Crippen molar-refractivity contribution in [1.29, 1.82) is 0 Å². The van der Waals surface area contributed by atoms with Crippen LogP contribution in [-0.2, 0) is 0 Å². The summed E-state index contributed by atoms with van der Waals surface area (Å²) in [5, 5.41) is 4.48. The number of halogens is 1. The quantitative estimate of drug-likeness (QED) is 0.819. The SMILES string of the molecule is CC(N[C@H](C)c1ccccc1Cl)C1CC1. The van der Waals surface area contributed by atoms with Crippen molar-refractivity contribution in [3.63, 3.8) is 0 Å². The van der Waals surface area contributed by atoms with Gasteiger partial charge in [-0.2, -0.15) is 0 Å². The lowest BCUT2D eigenvalue weighted by atomic mass is 10.1. The van der Waals surface area contributed by atoms with Gasteiger partial charge in [0.2, 0.25) is 0 Å². The Morgan fingerprint density at radius 2 is 1.93 bits per heavy atom. The fourth-order valence-electron chi connectivity index (χ4n) is 2.04. The maximum absolute atomic E-state index is 6.16. The summed E-state index contributed by atoms with van der Waals surface area (Å²) in [5.41, 5.74) is 1.20. The van der Waals surface area contributed by atoms with Crippen LogP contribution in [-0.4, -0.2) is 6.04 Å². The molecule has 1 N–H and O–H groups in total. The molecule has 1 unspecified atom stereocenters. The summed E-state index contributed by atoms with van der Waals surface area (Å²) in [6.45, 7) is 4.45. The third kappa shape index (κ3) is 2.73. The highest BCUT2D eigenvalue weighted by molar-refractivity contribution is 6.31. The van der Waals surface area contributed by atoms with Crippen molar-refractivity contribution >= 4 is 11.6 Å². The van der Waals surface area contributed by atoms with Crippen LogP contribution in [0.1, 0.15) is 38.3 Å². The normalized spacial score (nSPS) is 19.9. The molecule has 0 saturated heterocycles. The van der Waals surface area contributed by atoms with Gasteiger partial charge in [0.25, 0.3) is 0 Å². The monoisotopic (exact) mass is 223 g/mol. The number of hydrogen-bond donors (Lipinski definition) is 1. The molecule has 0 aliphatic heterocycles. The zero-order valence-corrected chi connectivity index (χ0v) is 10.1. The Balaban J connectivity index is 2.00. The van der Waals surface area contributed by atoms with Gasteiger partial charge in [-0.15, -0.1) is 0 Å². The zero-order chi connectivity index (χ0) is 10.8. The van der Waals surface area contributed by atoms with Crippen LogP contribution in [0.15, 0.2) is 24.3 Å². The van der Waals surface area contributed by atoms with Crippen LogP contribution in [0.5, 0.6) is 0 Å². The average Bonchev–Trinajstić information content (AvgIpc) is 3.01. The maximum atomic E-state index is 6.16. The van der Waals surface area contributed by atoms with Gasteiger partial charge in [0, 0.05) is 17.1 Å². The minimum absolute atomic E-state index is 0.342. The molecule has 0 amide bonds. The number of nitrogens with one attached hydrogen (secondary N) is 1. The lowest BCUT2D eigenvalue weighted by molar-refractivity contribution is 0.441. The fourth-order valence-corrected chi connectivity index (χ4v) is 2.34. The molecule has 2 rings (SSSR count). The predicted octanol–water partition coefficient (Wildman–Crippen LogP) is 3.79. The van der Waals surface area contributed by atoms with E-state index in [1.54, 1.807) is 0 Å². The molecular formula is C13H18ClN. The van der Waals surface area contributed by atoms with Gasteiger partial charge in [0.15, 0.2) is 0 Å². The topological polar surface area (TPSA) is 12.0 Å². The molecule has 0 aromatic heterocycles. The lowest BCUT2D eigenvalue weighted by Crippen LogP contribution is -2.30. The first-order valence-electron chi connectivity index (χ1n) is 5.69. The van der Waals surface area contributed by atoms with Gasteiger partial charge >= 0.3 is 0 Å². The van der Waals surface area contributed by atoms with E-state index in [1.165, 1.54) is 18.4 Å². The fraction of sp³-hybridized carbons (Fsp3) is 0.538. The molecule has 1 saturated carbocycles. The van der Waals surface area contributed by atoms with E-state index in [9.17, 15) is 0 Å². The molecule has 2 heteroatoms. The van der Waals surface area contributed by atoms with E-state index < -0.39 is 0 Å². The molecule has 2 atom stereocenters. The van der Waals surface area contributed by atoms with Crippen LogP contribution >= 0.6 is 11.6 Å². The Hall–Kier alpha value is -0.530. The standard InChI is InChI=1S/C13H18ClN/c1-9(11-7-8-11)15-10(2)12-5-3-4-6-13(12)14/h3-6,9-11,15H,7-8H2,1-2H3/t9?,10-/m1/s1. The van der Waals surface area contributed by atoms with Crippen LogP contribution in [0, 0.1) is 5.92 Å². The molecule has 1 aromatic rings. The van der Waals surface area contributed by atoms with E-state index in [-0.39, 0.29) is 0 Å². The van der Waals surface area contributed by atoms with Gasteiger partial charge in [-0.25, -0.2) is 0 Å². The summed E-state index contributed by atoms with van der Waals surface area (Å²) in [7, 11) is 0. The summed E-state index contributed by atoms with van der Waals surface area (Å²) in [6.07, 6.45) is 2.76. The molecule has 1 nitrogen and oxygen atoms in total. The van der Waals surface area contributed by atoms with Crippen molar-refractivity contribution < 1.29 is 0 Å². The Morgan fingerprint density at radius 1 is 1.27 bits per heavy atom. The van der Waals surface area contributed by atoms with E-state index >= 15 is 0 Å². The molecule has 0 bridgehead atoms. The summed E-state index contributed by atoms with van der Waals surface area (Å²) >= 11 is 6.16. The van der Waals surface area contributed by atoms with Crippen LogP contribution < -0.4 is 5.32 Å². The van der Waals surface area contributed by atoms with Crippen molar-refractivity contribution in [1.82, 2.24) is 5.32 Å². The zero-order valence-electron chi connectivity index (χ0n) is 9.33. The van der Waals surface area contributed by atoms with E-state index in [4.69, 9.17) is 11.6 Å². The maximum Gasteiger partial charge on any atom is 0.0453 e. The first kappa shape index (κ1) is 11.0. The van der Waals surface area contributed by atoms with Crippen LogP contribution in [0.3, 0.4) is 0 Å². The highest BCUT2D eigenvalue weighted by Gasteiger charge is 2.28. The molecule has 1 fully saturated rings. The summed E-state index contributed by atoms with van der Waals surface area (Å²) in [4.78, 5) is 0. The summed E-state index contributed by atoms with van der Waals surface area (Å²) in [6, 6.07) is 9.02. The Bertz CT molecular complexity index is 333. The molecule has 1 aromatic carbocycles. The molecule has 0 heterocycles. The average molecular weight is 224 g/mol. The van der Waals surface area contributed by atoms with Crippen LogP contribution in [0.25, 0.3) is 0 Å². The van der Waals surface area contributed by atoms with Crippen molar-refractivity contribution in [3.8, 4) is 0 Å². The van der Waals surface area contributed by atoms with Crippen molar-refractivity contribution in [3.05, 3.63) is 34.9 Å². The largest absolute Gasteiger partial charge is 0.307 e. The van der Waals surface area contributed by atoms with E-state index in [1.807, 2.05) is 18.2 Å². The predicted molar refractivity (Wildman–Crippen MR) is 65.2 cm³/mol. The molecule has 82 valence electrons. The van der Waals surface area contributed by atoms with Crippen molar-refractivity contribution in [2.24, 2.45) is 5.92 Å². The second-order valence-electron chi connectivity index (χ2n) is 4.54. The first-order chi connectivity index (χ1) is 7.18. The molecule has 1 aliphatic rings.